The number of carbonyl (C=O) groups is 1. The highest BCUT2D eigenvalue weighted by Crippen LogP contribution is 2.22. The molecule has 0 spiro atoms. The van der Waals surface area contributed by atoms with Crippen LogP contribution in [-0.4, -0.2) is 20.4 Å². The number of hydrogen-bond donors (Lipinski definition) is 1. The fourth-order valence-electron chi connectivity index (χ4n) is 2.81. The third-order valence-corrected chi connectivity index (χ3v) is 3.86. The minimum absolute atomic E-state index is 0.189. The van der Waals surface area contributed by atoms with Gasteiger partial charge in [0.15, 0.2) is 0 Å². The van der Waals surface area contributed by atoms with Gasteiger partial charge in [-0.3, -0.25) is 9.78 Å². The van der Waals surface area contributed by atoms with Crippen molar-refractivity contribution in [2.24, 2.45) is 5.92 Å². The predicted molar refractivity (Wildman–Crippen MR) is 94.7 cm³/mol. The fourth-order valence-corrected chi connectivity index (χ4v) is 2.81. The molecule has 0 aliphatic heterocycles. The topological polar surface area (TPSA) is 59.8 Å². The van der Waals surface area contributed by atoms with Gasteiger partial charge in [-0.25, -0.2) is 4.98 Å². The van der Waals surface area contributed by atoms with Crippen molar-refractivity contribution in [3.8, 4) is 0 Å². The van der Waals surface area contributed by atoms with Gasteiger partial charge in [0.25, 0.3) is 5.91 Å². The van der Waals surface area contributed by atoms with Crippen LogP contribution in [0.4, 0.5) is 0 Å². The van der Waals surface area contributed by atoms with Gasteiger partial charge in [0.2, 0.25) is 0 Å². The molecule has 2 aromatic heterocycles. The van der Waals surface area contributed by atoms with Crippen LogP contribution in [-0.2, 0) is 6.54 Å². The standard InChI is InChI=1S/C19H22N4O/c1-13(2)12-23-17-10-5-4-8-15(17)22-18(23)14(3)21-19(24)16-9-6-7-11-20-16/h4-11,13-14H,12H2,1-3H3,(H,21,24). The van der Waals surface area contributed by atoms with Crippen molar-refractivity contribution in [3.05, 3.63) is 60.2 Å². The summed E-state index contributed by atoms with van der Waals surface area (Å²) in [6, 6.07) is 13.2. The van der Waals surface area contributed by atoms with E-state index < -0.39 is 0 Å². The first-order valence-electron chi connectivity index (χ1n) is 8.23. The number of amides is 1. The summed E-state index contributed by atoms with van der Waals surface area (Å²) in [6.07, 6.45) is 1.62. The van der Waals surface area contributed by atoms with Gasteiger partial charge in [-0.15, -0.1) is 0 Å². The Labute approximate surface area is 141 Å². The summed E-state index contributed by atoms with van der Waals surface area (Å²) in [5.74, 6) is 1.17. The van der Waals surface area contributed by atoms with Crippen LogP contribution >= 0.6 is 0 Å². The van der Waals surface area contributed by atoms with Gasteiger partial charge < -0.3 is 9.88 Å². The Hall–Kier alpha value is -2.69. The summed E-state index contributed by atoms with van der Waals surface area (Å²) in [5, 5.41) is 3.00. The highest BCUT2D eigenvalue weighted by Gasteiger charge is 2.19. The molecule has 5 nitrogen and oxygen atoms in total. The first kappa shape index (κ1) is 16.2. The minimum Gasteiger partial charge on any atom is -0.341 e. The van der Waals surface area contributed by atoms with Crippen molar-refractivity contribution in [1.29, 1.82) is 0 Å². The molecule has 0 aliphatic carbocycles. The Morgan fingerprint density at radius 3 is 2.58 bits per heavy atom. The van der Waals surface area contributed by atoms with Crippen molar-refractivity contribution >= 4 is 16.9 Å². The number of nitrogens with zero attached hydrogens (tertiary/aromatic N) is 3. The quantitative estimate of drug-likeness (QED) is 0.781. The minimum atomic E-state index is -0.203. The molecule has 3 aromatic rings. The summed E-state index contributed by atoms with van der Waals surface area (Å²) >= 11 is 0. The van der Waals surface area contributed by atoms with E-state index in [1.54, 1.807) is 24.4 Å². The van der Waals surface area contributed by atoms with Crippen molar-refractivity contribution in [3.63, 3.8) is 0 Å². The second-order valence-electron chi connectivity index (χ2n) is 6.37. The molecular formula is C19H22N4O. The maximum Gasteiger partial charge on any atom is 0.270 e. The normalized spacial score (nSPS) is 12.5. The average Bonchev–Trinajstić information content (AvgIpc) is 2.94. The van der Waals surface area contributed by atoms with Crippen LogP contribution in [0.2, 0.25) is 0 Å². The van der Waals surface area contributed by atoms with Gasteiger partial charge in [-0.2, -0.15) is 0 Å². The summed E-state index contributed by atoms with van der Waals surface area (Å²) in [6.45, 7) is 7.17. The summed E-state index contributed by atoms with van der Waals surface area (Å²) in [5.41, 5.74) is 2.46. The summed E-state index contributed by atoms with van der Waals surface area (Å²) in [7, 11) is 0. The van der Waals surface area contributed by atoms with E-state index in [-0.39, 0.29) is 11.9 Å². The van der Waals surface area contributed by atoms with Gasteiger partial charge in [-0.05, 0) is 37.1 Å². The number of imidazole rings is 1. The highest BCUT2D eigenvalue weighted by molar-refractivity contribution is 5.92. The number of benzene rings is 1. The Balaban J connectivity index is 1.91. The van der Waals surface area contributed by atoms with E-state index in [4.69, 9.17) is 4.98 Å². The number of fused-ring (bicyclic) bond motifs is 1. The predicted octanol–water partition coefficient (Wildman–Crippen LogP) is 3.58. The molecule has 0 bridgehead atoms. The number of nitrogens with one attached hydrogen (secondary N) is 1. The molecule has 2 heterocycles. The third kappa shape index (κ3) is 3.30. The summed E-state index contributed by atoms with van der Waals surface area (Å²) in [4.78, 5) is 21.2. The monoisotopic (exact) mass is 322 g/mol. The number of pyridine rings is 1. The largest absolute Gasteiger partial charge is 0.341 e. The molecule has 0 fully saturated rings. The lowest BCUT2D eigenvalue weighted by Crippen LogP contribution is -2.29. The lowest BCUT2D eigenvalue weighted by Gasteiger charge is -2.17. The maximum atomic E-state index is 12.4. The Morgan fingerprint density at radius 2 is 1.88 bits per heavy atom. The van der Waals surface area contributed by atoms with E-state index >= 15 is 0 Å². The lowest BCUT2D eigenvalue weighted by molar-refractivity contribution is 0.0932. The molecule has 1 N–H and O–H groups in total. The van der Waals surface area contributed by atoms with Crippen molar-refractivity contribution in [1.82, 2.24) is 19.9 Å². The molecule has 0 saturated heterocycles. The van der Waals surface area contributed by atoms with Crippen molar-refractivity contribution in [2.75, 3.05) is 0 Å². The summed E-state index contributed by atoms with van der Waals surface area (Å²) < 4.78 is 2.20. The van der Waals surface area contributed by atoms with E-state index in [9.17, 15) is 4.79 Å². The first-order chi connectivity index (χ1) is 11.6. The van der Waals surface area contributed by atoms with Crippen LogP contribution in [0.15, 0.2) is 48.7 Å². The average molecular weight is 322 g/mol. The van der Waals surface area contributed by atoms with Gasteiger partial charge in [0, 0.05) is 12.7 Å². The SMILES string of the molecule is CC(C)Cn1c(C(C)NC(=O)c2ccccn2)nc2ccccc21. The van der Waals surface area contributed by atoms with E-state index in [0.29, 0.717) is 11.6 Å². The molecule has 1 atom stereocenters. The molecule has 0 saturated carbocycles. The molecule has 24 heavy (non-hydrogen) atoms. The molecule has 1 unspecified atom stereocenters. The molecule has 1 aromatic carbocycles. The fraction of sp³-hybridized carbons (Fsp3) is 0.316. The second-order valence-corrected chi connectivity index (χ2v) is 6.37. The zero-order chi connectivity index (χ0) is 17.1. The number of rotatable bonds is 5. The van der Waals surface area contributed by atoms with Gasteiger partial charge in [-0.1, -0.05) is 32.0 Å². The number of carbonyl (C=O) groups excluding carboxylic acids is 1. The number of aromatic nitrogens is 3. The molecule has 0 aliphatic rings. The van der Waals surface area contributed by atoms with Gasteiger partial charge in [0.05, 0.1) is 17.1 Å². The molecule has 1 amide bonds. The van der Waals surface area contributed by atoms with Gasteiger partial charge >= 0.3 is 0 Å². The maximum absolute atomic E-state index is 12.4. The van der Waals surface area contributed by atoms with Crippen LogP contribution in [0.25, 0.3) is 11.0 Å². The van der Waals surface area contributed by atoms with E-state index in [2.05, 4.69) is 34.8 Å². The zero-order valence-corrected chi connectivity index (χ0v) is 14.2. The third-order valence-electron chi connectivity index (χ3n) is 3.86. The number of hydrogen-bond acceptors (Lipinski definition) is 3. The molecule has 3 rings (SSSR count). The van der Waals surface area contributed by atoms with Gasteiger partial charge in [0.1, 0.15) is 11.5 Å². The molecular weight excluding hydrogens is 300 g/mol. The van der Waals surface area contributed by atoms with Crippen LogP contribution in [0, 0.1) is 5.92 Å². The smallest absolute Gasteiger partial charge is 0.270 e. The van der Waals surface area contributed by atoms with Crippen LogP contribution in [0.1, 0.15) is 43.1 Å². The van der Waals surface area contributed by atoms with E-state index in [1.807, 2.05) is 25.1 Å². The first-order valence-corrected chi connectivity index (χ1v) is 8.23. The van der Waals surface area contributed by atoms with Crippen LogP contribution in [0.5, 0.6) is 0 Å². The van der Waals surface area contributed by atoms with Crippen LogP contribution < -0.4 is 5.32 Å². The Bertz CT molecular complexity index is 839. The Kier molecular flexibility index (Phi) is 4.60. The Morgan fingerprint density at radius 1 is 1.12 bits per heavy atom. The molecule has 124 valence electrons. The highest BCUT2D eigenvalue weighted by atomic mass is 16.1. The van der Waals surface area contributed by atoms with E-state index in [0.717, 1.165) is 23.4 Å². The van der Waals surface area contributed by atoms with E-state index in [1.165, 1.54) is 0 Å². The van der Waals surface area contributed by atoms with Crippen LogP contribution in [0.3, 0.4) is 0 Å². The van der Waals surface area contributed by atoms with Crippen molar-refractivity contribution in [2.45, 2.75) is 33.4 Å². The zero-order valence-electron chi connectivity index (χ0n) is 14.2. The van der Waals surface area contributed by atoms with Crippen molar-refractivity contribution < 1.29 is 4.79 Å². The molecule has 5 heteroatoms. The molecule has 0 radical (unpaired) electrons. The number of para-hydroxylation sites is 2. The lowest BCUT2D eigenvalue weighted by atomic mass is 10.2. The second kappa shape index (κ2) is 6.83.